The van der Waals surface area contributed by atoms with E-state index in [0.29, 0.717) is 24.5 Å². The number of nitrogens with zero attached hydrogens (tertiary/aromatic N) is 2. The first-order chi connectivity index (χ1) is 9.97. The minimum atomic E-state index is -3.54. The summed E-state index contributed by atoms with van der Waals surface area (Å²) < 4.78 is 33.3. The van der Waals surface area contributed by atoms with Crippen LogP contribution in [0, 0.1) is 0 Å². The molecule has 1 aromatic heterocycles. The Hall–Kier alpha value is -2.06. The zero-order valence-corrected chi connectivity index (χ0v) is 12.5. The topological polar surface area (TPSA) is 99.2 Å². The molecular weight excluding hydrogens is 292 g/mol. The largest absolute Gasteiger partial charge is 0.494 e. The van der Waals surface area contributed by atoms with Gasteiger partial charge >= 0.3 is 0 Å². The summed E-state index contributed by atoms with van der Waals surface area (Å²) in [7, 11) is -1.83. The second kappa shape index (κ2) is 6.59. The molecule has 0 aliphatic carbocycles. The van der Waals surface area contributed by atoms with E-state index in [2.05, 4.69) is 9.71 Å². The van der Waals surface area contributed by atoms with Crippen LogP contribution in [-0.2, 0) is 17.1 Å². The standard InChI is InChI=1S/C13H18N4O3S/c1-17-9-13(15-10-17)21(18,19)16-7-2-8-20-12-5-3-11(14)4-6-12/h3-6,9-10,16H,2,7-8,14H2,1H3. The monoisotopic (exact) mass is 310 g/mol. The maximum absolute atomic E-state index is 11.9. The Balaban J connectivity index is 1.73. The first-order valence-corrected chi connectivity index (χ1v) is 7.92. The van der Waals surface area contributed by atoms with Crippen molar-refractivity contribution in [2.24, 2.45) is 7.05 Å². The van der Waals surface area contributed by atoms with E-state index in [1.54, 1.807) is 35.9 Å². The second-order valence-electron chi connectivity index (χ2n) is 4.55. The molecule has 2 rings (SSSR count). The van der Waals surface area contributed by atoms with Gasteiger partial charge in [0.2, 0.25) is 0 Å². The molecule has 0 saturated heterocycles. The number of nitrogens with one attached hydrogen (secondary N) is 1. The summed E-state index contributed by atoms with van der Waals surface area (Å²) in [6.45, 7) is 0.697. The molecule has 8 heteroatoms. The van der Waals surface area contributed by atoms with Crippen molar-refractivity contribution in [1.29, 1.82) is 0 Å². The summed E-state index contributed by atoms with van der Waals surface area (Å²) in [5.74, 6) is 0.705. The average molecular weight is 310 g/mol. The number of nitrogens with two attached hydrogens (primary N) is 1. The number of aryl methyl sites for hydroxylation is 1. The Kier molecular flexibility index (Phi) is 4.81. The molecule has 0 spiro atoms. The van der Waals surface area contributed by atoms with Gasteiger partial charge in [-0.2, -0.15) is 0 Å². The SMILES string of the molecule is Cn1cnc(S(=O)(=O)NCCCOc2ccc(N)cc2)c1. The van der Waals surface area contributed by atoms with E-state index < -0.39 is 10.0 Å². The molecule has 0 unspecified atom stereocenters. The minimum absolute atomic E-state index is 0.0180. The van der Waals surface area contributed by atoms with Gasteiger partial charge in [0.05, 0.1) is 12.9 Å². The summed E-state index contributed by atoms with van der Waals surface area (Å²) in [5.41, 5.74) is 6.24. The Bertz CT molecular complexity index is 680. The zero-order chi connectivity index (χ0) is 15.3. The van der Waals surface area contributed by atoms with Gasteiger partial charge in [-0.15, -0.1) is 0 Å². The van der Waals surface area contributed by atoms with Gasteiger partial charge in [-0.3, -0.25) is 0 Å². The lowest BCUT2D eigenvalue weighted by molar-refractivity contribution is 0.311. The fourth-order valence-corrected chi connectivity index (χ4v) is 2.69. The van der Waals surface area contributed by atoms with Crippen LogP contribution in [0.15, 0.2) is 41.8 Å². The predicted octanol–water partition coefficient (Wildman–Crippen LogP) is 0.750. The zero-order valence-electron chi connectivity index (χ0n) is 11.7. The highest BCUT2D eigenvalue weighted by Gasteiger charge is 2.15. The summed E-state index contributed by atoms with van der Waals surface area (Å²) in [5, 5.41) is 0.0180. The summed E-state index contributed by atoms with van der Waals surface area (Å²) in [4.78, 5) is 3.81. The molecule has 0 aliphatic rings. The third-order valence-electron chi connectivity index (χ3n) is 2.72. The lowest BCUT2D eigenvalue weighted by Crippen LogP contribution is -2.26. The summed E-state index contributed by atoms with van der Waals surface area (Å²) in [6, 6.07) is 7.04. The van der Waals surface area contributed by atoms with Crippen LogP contribution >= 0.6 is 0 Å². The van der Waals surface area contributed by atoms with Gasteiger partial charge in [-0.05, 0) is 30.7 Å². The number of benzene rings is 1. The van der Waals surface area contributed by atoms with Crippen LogP contribution in [0.2, 0.25) is 0 Å². The fourth-order valence-electron chi connectivity index (χ4n) is 1.63. The average Bonchev–Trinajstić information content (AvgIpc) is 2.88. The number of aromatic nitrogens is 2. The van der Waals surface area contributed by atoms with Crippen molar-refractivity contribution in [1.82, 2.24) is 14.3 Å². The predicted molar refractivity (Wildman–Crippen MR) is 79.4 cm³/mol. The molecule has 7 nitrogen and oxygen atoms in total. The van der Waals surface area contributed by atoms with Gasteiger partial charge in [0.15, 0.2) is 5.03 Å². The molecule has 0 radical (unpaired) electrons. The van der Waals surface area contributed by atoms with E-state index in [0.717, 1.165) is 0 Å². The number of imidazole rings is 1. The highest BCUT2D eigenvalue weighted by atomic mass is 32.2. The maximum atomic E-state index is 11.9. The smallest absolute Gasteiger partial charge is 0.259 e. The third kappa shape index (κ3) is 4.47. The lowest BCUT2D eigenvalue weighted by atomic mass is 10.3. The summed E-state index contributed by atoms with van der Waals surface area (Å²) >= 11 is 0. The molecule has 114 valence electrons. The molecule has 0 atom stereocenters. The Labute approximate surface area is 123 Å². The molecule has 1 aromatic carbocycles. The number of anilines is 1. The van der Waals surface area contributed by atoms with Crippen molar-refractivity contribution >= 4 is 15.7 Å². The van der Waals surface area contributed by atoms with Crippen LogP contribution in [0.25, 0.3) is 0 Å². The van der Waals surface area contributed by atoms with Gasteiger partial charge in [-0.25, -0.2) is 18.1 Å². The van der Waals surface area contributed by atoms with E-state index in [1.165, 1.54) is 12.5 Å². The highest BCUT2D eigenvalue weighted by Crippen LogP contribution is 2.13. The number of rotatable bonds is 7. The molecule has 1 heterocycles. The molecule has 0 fully saturated rings. The first kappa shape index (κ1) is 15.3. The van der Waals surface area contributed by atoms with Crippen LogP contribution in [0.1, 0.15) is 6.42 Å². The van der Waals surface area contributed by atoms with E-state index in [4.69, 9.17) is 10.5 Å². The number of ether oxygens (including phenoxy) is 1. The van der Waals surface area contributed by atoms with Crippen molar-refractivity contribution in [3.8, 4) is 5.75 Å². The van der Waals surface area contributed by atoms with Crippen LogP contribution < -0.4 is 15.2 Å². The molecule has 2 aromatic rings. The maximum Gasteiger partial charge on any atom is 0.259 e. The van der Waals surface area contributed by atoms with Gasteiger partial charge in [0.25, 0.3) is 10.0 Å². The van der Waals surface area contributed by atoms with Crippen LogP contribution in [-0.4, -0.2) is 31.1 Å². The van der Waals surface area contributed by atoms with E-state index in [9.17, 15) is 8.42 Å². The van der Waals surface area contributed by atoms with Gasteiger partial charge in [0, 0.05) is 25.5 Å². The third-order valence-corrected chi connectivity index (χ3v) is 4.06. The van der Waals surface area contributed by atoms with Crippen molar-refractivity contribution in [3.63, 3.8) is 0 Å². The van der Waals surface area contributed by atoms with Crippen molar-refractivity contribution in [2.45, 2.75) is 11.4 Å². The van der Waals surface area contributed by atoms with Gasteiger partial charge < -0.3 is 15.0 Å². The number of hydrogen-bond acceptors (Lipinski definition) is 5. The molecule has 0 aliphatic heterocycles. The molecule has 0 amide bonds. The lowest BCUT2D eigenvalue weighted by Gasteiger charge is -2.07. The Morgan fingerprint density at radius 2 is 2.05 bits per heavy atom. The quantitative estimate of drug-likeness (QED) is 0.581. The molecular formula is C13H18N4O3S. The number of hydrogen-bond donors (Lipinski definition) is 2. The van der Waals surface area contributed by atoms with Crippen molar-refractivity contribution < 1.29 is 13.2 Å². The van der Waals surface area contributed by atoms with Crippen LogP contribution in [0.3, 0.4) is 0 Å². The first-order valence-electron chi connectivity index (χ1n) is 6.43. The number of nitrogen functional groups attached to an aromatic ring is 1. The highest BCUT2D eigenvalue weighted by molar-refractivity contribution is 7.89. The fraction of sp³-hybridized carbons (Fsp3) is 0.308. The Morgan fingerprint density at radius 3 is 2.67 bits per heavy atom. The Morgan fingerprint density at radius 1 is 1.33 bits per heavy atom. The second-order valence-corrected chi connectivity index (χ2v) is 6.26. The van der Waals surface area contributed by atoms with E-state index in [-0.39, 0.29) is 11.6 Å². The molecule has 21 heavy (non-hydrogen) atoms. The molecule has 0 saturated carbocycles. The van der Waals surface area contributed by atoms with Gasteiger partial charge in [0.1, 0.15) is 5.75 Å². The van der Waals surface area contributed by atoms with Gasteiger partial charge in [-0.1, -0.05) is 0 Å². The van der Waals surface area contributed by atoms with Crippen LogP contribution in [0.4, 0.5) is 5.69 Å². The molecule has 0 bridgehead atoms. The van der Waals surface area contributed by atoms with E-state index >= 15 is 0 Å². The normalized spacial score (nSPS) is 11.5. The van der Waals surface area contributed by atoms with Crippen molar-refractivity contribution in [3.05, 3.63) is 36.8 Å². The number of sulfonamides is 1. The van der Waals surface area contributed by atoms with E-state index in [1.807, 2.05) is 0 Å². The van der Waals surface area contributed by atoms with Crippen molar-refractivity contribution in [2.75, 3.05) is 18.9 Å². The minimum Gasteiger partial charge on any atom is -0.494 e. The molecule has 3 N–H and O–H groups in total. The van der Waals surface area contributed by atoms with Crippen LogP contribution in [0.5, 0.6) is 5.75 Å². The summed E-state index contributed by atoms with van der Waals surface area (Å²) in [6.07, 6.45) is 3.45.